The maximum Gasteiger partial charge on any atom is 0.318 e. The Morgan fingerprint density at radius 2 is 2.00 bits per heavy atom. The number of benzene rings is 1. The average molecular weight is 401 g/mol. The highest BCUT2D eigenvalue weighted by Gasteiger charge is 2.62. The standard InChI is InChI=1S/C23H32N2O4/c1-25(2)21(27)24-23(15-26)19-14-17(7-6-16-4-5-16)8-9-20(19)29-22(23)12-10-18(28-3)11-13-22/h8-9,14-16,18H,4-7,10-13H2,1-3H3,(H,24,27). The smallest absolute Gasteiger partial charge is 0.318 e. The third-order valence-electron chi connectivity index (χ3n) is 6.99. The molecule has 1 atom stereocenters. The number of hydrogen-bond acceptors (Lipinski definition) is 4. The van der Waals surface area contributed by atoms with Crippen LogP contribution in [0.15, 0.2) is 18.2 Å². The van der Waals surface area contributed by atoms with Gasteiger partial charge in [-0.05, 0) is 62.1 Å². The minimum atomic E-state index is -1.18. The number of rotatable bonds is 6. The van der Waals surface area contributed by atoms with Gasteiger partial charge in [0.1, 0.15) is 11.4 Å². The van der Waals surface area contributed by atoms with Crippen LogP contribution in [0, 0.1) is 5.92 Å². The van der Waals surface area contributed by atoms with Crippen molar-refractivity contribution in [2.45, 2.75) is 68.6 Å². The van der Waals surface area contributed by atoms with Crippen molar-refractivity contribution in [1.29, 1.82) is 0 Å². The van der Waals surface area contributed by atoms with Gasteiger partial charge in [0.05, 0.1) is 6.10 Å². The molecule has 2 aliphatic carbocycles. The largest absolute Gasteiger partial charge is 0.484 e. The predicted molar refractivity (Wildman–Crippen MR) is 110 cm³/mol. The van der Waals surface area contributed by atoms with Crippen LogP contribution in [0.2, 0.25) is 0 Å². The summed E-state index contributed by atoms with van der Waals surface area (Å²) < 4.78 is 12.0. The van der Waals surface area contributed by atoms with Crippen LogP contribution in [-0.2, 0) is 21.5 Å². The van der Waals surface area contributed by atoms with E-state index >= 15 is 0 Å². The number of fused-ring (bicyclic) bond motifs is 1. The molecule has 1 unspecified atom stereocenters. The molecule has 1 N–H and O–H groups in total. The number of carbonyl (C=O) groups is 2. The fraction of sp³-hybridized carbons (Fsp3) is 0.652. The number of aryl methyl sites for hydroxylation is 1. The molecule has 0 bridgehead atoms. The Labute approximate surface area is 172 Å². The highest BCUT2D eigenvalue weighted by molar-refractivity contribution is 5.84. The van der Waals surface area contributed by atoms with Crippen LogP contribution >= 0.6 is 0 Å². The molecule has 6 heteroatoms. The van der Waals surface area contributed by atoms with Gasteiger partial charge in [-0.2, -0.15) is 0 Å². The second-order valence-corrected chi connectivity index (χ2v) is 9.09. The number of hydrogen-bond donors (Lipinski definition) is 1. The molecular formula is C23H32N2O4. The molecule has 158 valence electrons. The highest BCUT2D eigenvalue weighted by atomic mass is 16.5. The van der Waals surface area contributed by atoms with E-state index in [9.17, 15) is 9.59 Å². The molecule has 3 aliphatic rings. The lowest BCUT2D eigenvalue weighted by atomic mass is 9.68. The first-order valence-electron chi connectivity index (χ1n) is 10.7. The van der Waals surface area contributed by atoms with Crippen molar-refractivity contribution in [2.75, 3.05) is 21.2 Å². The van der Waals surface area contributed by atoms with E-state index in [4.69, 9.17) is 9.47 Å². The average Bonchev–Trinajstić information content (AvgIpc) is 3.52. The Morgan fingerprint density at radius 3 is 2.59 bits per heavy atom. The molecule has 1 aliphatic heterocycles. The van der Waals surface area contributed by atoms with Gasteiger partial charge in [-0.3, -0.25) is 0 Å². The van der Waals surface area contributed by atoms with E-state index < -0.39 is 11.1 Å². The summed E-state index contributed by atoms with van der Waals surface area (Å²) in [6, 6.07) is 5.88. The van der Waals surface area contributed by atoms with Crippen molar-refractivity contribution in [3.05, 3.63) is 29.3 Å². The maximum atomic E-state index is 12.7. The Hall–Kier alpha value is -2.08. The van der Waals surface area contributed by atoms with E-state index in [2.05, 4.69) is 17.4 Å². The third kappa shape index (κ3) is 3.52. The fourth-order valence-corrected chi connectivity index (χ4v) is 4.90. The summed E-state index contributed by atoms with van der Waals surface area (Å²) in [7, 11) is 5.09. The number of amides is 2. The molecule has 2 saturated carbocycles. The zero-order chi connectivity index (χ0) is 20.6. The molecule has 1 spiro atoms. The topological polar surface area (TPSA) is 67.9 Å². The Kier molecular flexibility index (Phi) is 5.32. The van der Waals surface area contributed by atoms with Crippen LogP contribution in [0.4, 0.5) is 4.79 Å². The van der Waals surface area contributed by atoms with Crippen LogP contribution in [0.5, 0.6) is 5.75 Å². The SMILES string of the molecule is COC1CCC2(CC1)Oc1ccc(CCC3CC3)cc1C2(C=O)NC(=O)N(C)C. The summed E-state index contributed by atoms with van der Waals surface area (Å²) >= 11 is 0. The van der Waals surface area contributed by atoms with Gasteiger partial charge >= 0.3 is 6.03 Å². The predicted octanol–water partition coefficient (Wildman–Crippen LogP) is 3.41. The van der Waals surface area contributed by atoms with Gasteiger partial charge in [-0.15, -0.1) is 0 Å². The summed E-state index contributed by atoms with van der Waals surface area (Å²) in [6.07, 6.45) is 8.80. The summed E-state index contributed by atoms with van der Waals surface area (Å²) in [5.41, 5.74) is 0.0457. The van der Waals surface area contributed by atoms with Gasteiger partial charge < -0.3 is 24.5 Å². The molecule has 0 radical (unpaired) electrons. The summed E-state index contributed by atoms with van der Waals surface area (Å²) in [6.45, 7) is 0. The van der Waals surface area contributed by atoms with Crippen molar-refractivity contribution in [3.8, 4) is 5.75 Å². The van der Waals surface area contributed by atoms with E-state index in [-0.39, 0.29) is 12.1 Å². The van der Waals surface area contributed by atoms with Crippen LogP contribution in [0.3, 0.4) is 0 Å². The van der Waals surface area contributed by atoms with Gasteiger partial charge in [0.2, 0.25) is 0 Å². The lowest BCUT2D eigenvalue weighted by Crippen LogP contribution is -2.65. The maximum absolute atomic E-state index is 12.7. The molecule has 6 nitrogen and oxygen atoms in total. The zero-order valence-electron chi connectivity index (χ0n) is 17.7. The lowest BCUT2D eigenvalue weighted by Gasteiger charge is -2.45. The number of nitrogens with one attached hydrogen (secondary N) is 1. The van der Waals surface area contributed by atoms with Gasteiger partial charge in [-0.1, -0.05) is 18.9 Å². The summed E-state index contributed by atoms with van der Waals surface area (Å²) in [5.74, 6) is 1.56. The Balaban J connectivity index is 1.71. The first-order chi connectivity index (χ1) is 13.9. The van der Waals surface area contributed by atoms with Crippen LogP contribution in [0.25, 0.3) is 0 Å². The number of nitrogens with zero attached hydrogens (tertiary/aromatic N) is 1. The monoisotopic (exact) mass is 400 g/mol. The van der Waals surface area contributed by atoms with Crippen molar-refractivity contribution >= 4 is 12.3 Å². The molecule has 1 heterocycles. The molecule has 1 aromatic rings. The van der Waals surface area contributed by atoms with Crippen molar-refractivity contribution in [2.24, 2.45) is 5.92 Å². The van der Waals surface area contributed by atoms with Crippen LogP contribution < -0.4 is 10.1 Å². The minimum Gasteiger partial charge on any atom is -0.484 e. The van der Waals surface area contributed by atoms with E-state index in [1.165, 1.54) is 29.7 Å². The van der Waals surface area contributed by atoms with E-state index in [1.807, 2.05) is 6.07 Å². The summed E-state index contributed by atoms with van der Waals surface area (Å²) in [4.78, 5) is 26.9. The second-order valence-electron chi connectivity index (χ2n) is 9.09. The molecule has 2 amide bonds. The molecular weight excluding hydrogens is 368 g/mol. The molecule has 4 rings (SSSR count). The first-order valence-corrected chi connectivity index (χ1v) is 10.7. The zero-order valence-corrected chi connectivity index (χ0v) is 17.7. The molecule has 2 fully saturated rings. The van der Waals surface area contributed by atoms with Gasteiger partial charge in [0.15, 0.2) is 11.8 Å². The normalized spacial score (nSPS) is 30.5. The van der Waals surface area contributed by atoms with Gasteiger partial charge in [0.25, 0.3) is 0 Å². The molecule has 0 aromatic heterocycles. The van der Waals surface area contributed by atoms with Gasteiger partial charge in [-0.25, -0.2) is 4.79 Å². The van der Waals surface area contributed by atoms with E-state index in [1.54, 1.807) is 21.2 Å². The van der Waals surface area contributed by atoms with Crippen molar-refractivity contribution < 1.29 is 19.1 Å². The Morgan fingerprint density at radius 1 is 1.28 bits per heavy atom. The number of urea groups is 1. The van der Waals surface area contributed by atoms with Crippen molar-refractivity contribution in [1.82, 2.24) is 10.2 Å². The molecule has 29 heavy (non-hydrogen) atoms. The lowest BCUT2D eigenvalue weighted by molar-refractivity contribution is -0.125. The van der Waals surface area contributed by atoms with Gasteiger partial charge in [0, 0.05) is 26.8 Å². The molecule has 1 aromatic carbocycles. The quantitative estimate of drug-likeness (QED) is 0.743. The first kappa shape index (κ1) is 20.2. The number of methoxy groups -OCH3 is 1. The van der Waals surface area contributed by atoms with Crippen LogP contribution in [0.1, 0.15) is 56.1 Å². The Bertz CT molecular complexity index is 781. The fourth-order valence-electron chi connectivity index (χ4n) is 4.90. The minimum absolute atomic E-state index is 0.163. The van der Waals surface area contributed by atoms with E-state index in [0.29, 0.717) is 18.6 Å². The highest BCUT2D eigenvalue weighted by Crippen LogP contribution is 2.53. The number of aldehydes is 1. The number of carbonyl (C=O) groups excluding carboxylic acids is 2. The second kappa shape index (κ2) is 7.63. The van der Waals surface area contributed by atoms with E-state index in [0.717, 1.165) is 37.0 Å². The summed E-state index contributed by atoms with van der Waals surface area (Å²) in [5, 5.41) is 3.05. The third-order valence-corrected chi connectivity index (χ3v) is 6.99. The number of ether oxygens (including phenoxy) is 2. The van der Waals surface area contributed by atoms with Crippen molar-refractivity contribution in [3.63, 3.8) is 0 Å². The molecule has 0 saturated heterocycles. The van der Waals surface area contributed by atoms with Crippen LogP contribution in [-0.4, -0.2) is 50.1 Å².